The molecular weight excluding hydrogens is 156 g/mol. The van der Waals surface area contributed by atoms with Crippen LogP contribution in [-0.2, 0) is 0 Å². The van der Waals surface area contributed by atoms with Crippen LogP contribution in [0.1, 0.15) is 5.56 Å². The van der Waals surface area contributed by atoms with E-state index in [1.807, 2.05) is 6.07 Å². The average Bonchev–Trinajstić information content (AvgIpc) is 2.04. The molecule has 0 atom stereocenters. The van der Waals surface area contributed by atoms with Gasteiger partial charge in [0.25, 0.3) is 0 Å². The van der Waals surface area contributed by atoms with Gasteiger partial charge in [-0.2, -0.15) is 0 Å². The highest BCUT2D eigenvalue weighted by Gasteiger charge is 2.10. The first-order valence-electron chi connectivity index (χ1n) is 3.22. The third-order valence-corrected chi connectivity index (χ3v) is 2.36. The van der Waals surface area contributed by atoms with Crippen LogP contribution in [0, 0.1) is 0 Å². The molecule has 2 nitrogen and oxygen atoms in total. The van der Waals surface area contributed by atoms with E-state index in [2.05, 4.69) is 6.58 Å². The first-order chi connectivity index (χ1) is 5.25. The molecule has 0 fully saturated rings. The minimum atomic E-state index is -2.33. The van der Waals surface area contributed by atoms with Crippen molar-refractivity contribution >= 4 is 20.5 Å². The number of hydrogen-bond donors (Lipinski definition) is 2. The molecule has 0 spiro atoms. The highest BCUT2D eigenvalue weighted by atomic mass is 28.3. The van der Waals surface area contributed by atoms with Gasteiger partial charge in [-0.1, -0.05) is 36.9 Å². The Balaban J connectivity index is 3.12. The van der Waals surface area contributed by atoms with Gasteiger partial charge in [0.1, 0.15) is 0 Å². The maximum Gasteiger partial charge on any atom is 0.418 e. The zero-order chi connectivity index (χ0) is 8.27. The van der Waals surface area contributed by atoms with Crippen LogP contribution >= 0.6 is 0 Å². The van der Waals surface area contributed by atoms with Crippen molar-refractivity contribution in [3.05, 3.63) is 36.4 Å². The van der Waals surface area contributed by atoms with Crippen molar-refractivity contribution in [3.8, 4) is 0 Å². The molecule has 0 unspecified atom stereocenters. The van der Waals surface area contributed by atoms with Crippen molar-refractivity contribution in [1.82, 2.24) is 0 Å². The predicted molar refractivity (Wildman–Crippen MR) is 46.4 cm³/mol. The van der Waals surface area contributed by atoms with Gasteiger partial charge in [0, 0.05) is 5.19 Å². The van der Waals surface area contributed by atoms with Crippen molar-refractivity contribution in [3.63, 3.8) is 0 Å². The summed E-state index contributed by atoms with van der Waals surface area (Å²) in [5.74, 6) is 0. The highest BCUT2D eigenvalue weighted by Crippen LogP contribution is 1.97. The monoisotopic (exact) mass is 165 g/mol. The Hall–Kier alpha value is -0.903. The van der Waals surface area contributed by atoms with Crippen LogP contribution in [0.3, 0.4) is 0 Å². The van der Waals surface area contributed by atoms with Crippen molar-refractivity contribution in [2.75, 3.05) is 0 Å². The van der Waals surface area contributed by atoms with E-state index in [9.17, 15) is 0 Å². The van der Waals surface area contributed by atoms with Crippen molar-refractivity contribution < 1.29 is 9.59 Å². The van der Waals surface area contributed by atoms with Gasteiger partial charge in [0.15, 0.2) is 0 Å². The van der Waals surface area contributed by atoms with Crippen LogP contribution < -0.4 is 5.19 Å². The summed E-state index contributed by atoms with van der Waals surface area (Å²) < 4.78 is 0. The molecule has 0 amide bonds. The molecular formula is C8H9O2Si. The van der Waals surface area contributed by atoms with E-state index in [1.54, 1.807) is 24.3 Å². The van der Waals surface area contributed by atoms with Crippen LogP contribution in [0.5, 0.6) is 0 Å². The fraction of sp³-hybridized carbons (Fsp3) is 0. The number of benzene rings is 1. The second-order valence-corrected chi connectivity index (χ2v) is 3.30. The summed E-state index contributed by atoms with van der Waals surface area (Å²) in [4.78, 5) is 17.9. The van der Waals surface area contributed by atoms with Crippen molar-refractivity contribution in [2.24, 2.45) is 0 Å². The second kappa shape index (κ2) is 3.48. The van der Waals surface area contributed by atoms with Crippen molar-refractivity contribution in [2.45, 2.75) is 0 Å². The van der Waals surface area contributed by atoms with E-state index in [0.717, 1.165) is 5.56 Å². The lowest BCUT2D eigenvalue weighted by Gasteiger charge is -2.02. The maximum atomic E-state index is 8.95. The SMILES string of the molecule is C=Cc1ccccc1[Si](O)O. The molecule has 0 saturated heterocycles. The number of rotatable bonds is 2. The molecule has 0 heterocycles. The molecule has 11 heavy (non-hydrogen) atoms. The zero-order valence-corrected chi connectivity index (χ0v) is 6.99. The molecule has 0 aliphatic rings. The average molecular weight is 165 g/mol. The second-order valence-electron chi connectivity index (χ2n) is 2.11. The lowest BCUT2D eigenvalue weighted by molar-refractivity contribution is 0.425. The van der Waals surface area contributed by atoms with Crippen LogP contribution in [0.4, 0.5) is 0 Å². The summed E-state index contributed by atoms with van der Waals surface area (Å²) in [6.45, 7) is 3.57. The van der Waals surface area contributed by atoms with Crippen LogP contribution in [0.15, 0.2) is 30.8 Å². The van der Waals surface area contributed by atoms with Gasteiger partial charge >= 0.3 is 9.28 Å². The summed E-state index contributed by atoms with van der Waals surface area (Å²) in [5, 5.41) is 0.590. The third-order valence-electron chi connectivity index (χ3n) is 1.42. The highest BCUT2D eigenvalue weighted by molar-refractivity contribution is 6.59. The Kier molecular flexibility index (Phi) is 2.59. The van der Waals surface area contributed by atoms with Gasteiger partial charge in [-0.05, 0) is 5.56 Å². The van der Waals surface area contributed by atoms with E-state index in [1.165, 1.54) is 0 Å². The Morgan fingerprint density at radius 3 is 2.36 bits per heavy atom. The van der Waals surface area contributed by atoms with E-state index in [-0.39, 0.29) is 0 Å². The van der Waals surface area contributed by atoms with Gasteiger partial charge in [-0.3, -0.25) is 0 Å². The molecule has 1 aromatic carbocycles. The third kappa shape index (κ3) is 1.77. The molecule has 0 saturated carbocycles. The Morgan fingerprint density at radius 1 is 1.27 bits per heavy atom. The lowest BCUT2D eigenvalue weighted by Crippen LogP contribution is -2.31. The molecule has 1 aromatic rings. The van der Waals surface area contributed by atoms with Crippen LogP contribution in [0.25, 0.3) is 6.08 Å². The summed E-state index contributed by atoms with van der Waals surface area (Å²) in [7, 11) is -2.33. The first kappa shape index (κ1) is 8.20. The molecule has 2 N–H and O–H groups in total. The largest absolute Gasteiger partial charge is 0.418 e. The molecule has 1 radical (unpaired) electrons. The lowest BCUT2D eigenvalue weighted by atomic mass is 10.2. The molecule has 0 aliphatic heterocycles. The van der Waals surface area contributed by atoms with Crippen LogP contribution in [0.2, 0.25) is 0 Å². The summed E-state index contributed by atoms with van der Waals surface area (Å²) in [5.41, 5.74) is 0.798. The Labute approximate surface area is 67.3 Å². The summed E-state index contributed by atoms with van der Waals surface area (Å²) in [6.07, 6.45) is 1.62. The van der Waals surface area contributed by atoms with E-state index in [4.69, 9.17) is 9.59 Å². The van der Waals surface area contributed by atoms with Crippen molar-refractivity contribution in [1.29, 1.82) is 0 Å². The molecule has 0 aliphatic carbocycles. The maximum absolute atomic E-state index is 8.95. The quantitative estimate of drug-likeness (QED) is 0.606. The zero-order valence-electron chi connectivity index (χ0n) is 5.99. The first-order valence-corrected chi connectivity index (χ1v) is 4.62. The van der Waals surface area contributed by atoms with E-state index >= 15 is 0 Å². The molecule has 0 bridgehead atoms. The van der Waals surface area contributed by atoms with Gasteiger partial charge in [0.2, 0.25) is 0 Å². The molecule has 0 aromatic heterocycles. The Morgan fingerprint density at radius 2 is 1.91 bits per heavy atom. The predicted octanol–water partition coefficient (Wildman–Crippen LogP) is 0.00940. The topological polar surface area (TPSA) is 40.5 Å². The molecule has 57 valence electrons. The smallest absolute Gasteiger partial charge is 0.406 e. The fourth-order valence-electron chi connectivity index (χ4n) is 0.879. The van der Waals surface area contributed by atoms with Gasteiger partial charge in [0.05, 0.1) is 0 Å². The summed E-state index contributed by atoms with van der Waals surface area (Å²) >= 11 is 0. The van der Waals surface area contributed by atoms with Gasteiger partial charge in [-0.15, -0.1) is 0 Å². The standard InChI is InChI=1S/C8H9O2Si/c1-2-7-5-3-4-6-8(7)11(9)10/h2-6,9-10H,1H2. The Bertz CT molecular complexity index is 258. The molecule has 1 rings (SSSR count). The van der Waals surface area contributed by atoms with Gasteiger partial charge < -0.3 is 9.59 Å². The molecule has 3 heteroatoms. The fourth-order valence-corrected chi connectivity index (χ4v) is 1.57. The number of hydrogen-bond acceptors (Lipinski definition) is 2. The van der Waals surface area contributed by atoms with Crippen LogP contribution in [-0.4, -0.2) is 18.9 Å². The minimum Gasteiger partial charge on any atom is -0.406 e. The van der Waals surface area contributed by atoms with E-state index < -0.39 is 9.28 Å². The minimum absolute atomic E-state index is 0.590. The normalized spacial score (nSPS) is 10.1. The summed E-state index contributed by atoms with van der Waals surface area (Å²) in [6, 6.07) is 7.12. The van der Waals surface area contributed by atoms with E-state index in [0.29, 0.717) is 5.19 Å². The van der Waals surface area contributed by atoms with Gasteiger partial charge in [-0.25, -0.2) is 0 Å².